The molecule has 0 heterocycles. The minimum atomic E-state index is 0.326. The maximum Gasteiger partial charge on any atom is 0.0205 e. The molecule has 0 heteroatoms. The molecule has 4 unspecified atom stereocenters. The van der Waals surface area contributed by atoms with Gasteiger partial charge >= 0.3 is 0 Å². The van der Waals surface area contributed by atoms with Crippen molar-refractivity contribution in [2.24, 2.45) is 0 Å². The van der Waals surface area contributed by atoms with Gasteiger partial charge in [-0.15, -0.1) is 0 Å². The Labute approximate surface area is 192 Å². The summed E-state index contributed by atoms with van der Waals surface area (Å²) < 4.78 is 0. The van der Waals surface area contributed by atoms with Crippen LogP contribution in [0.5, 0.6) is 0 Å². The third-order valence-corrected chi connectivity index (χ3v) is 8.02. The molecule has 0 amide bonds. The highest BCUT2D eigenvalue weighted by Crippen LogP contribution is 2.55. The fourth-order valence-electron chi connectivity index (χ4n) is 6.48. The highest BCUT2D eigenvalue weighted by Gasteiger charge is 2.40. The summed E-state index contributed by atoms with van der Waals surface area (Å²) in [7, 11) is 0. The van der Waals surface area contributed by atoms with Crippen LogP contribution in [0.25, 0.3) is 0 Å². The summed E-state index contributed by atoms with van der Waals surface area (Å²) in [6.07, 6.45) is 0. The van der Waals surface area contributed by atoms with Crippen molar-refractivity contribution < 1.29 is 0 Å². The van der Waals surface area contributed by atoms with Crippen LogP contribution in [0, 0.1) is 13.8 Å². The van der Waals surface area contributed by atoms with Crippen LogP contribution in [-0.2, 0) is 0 Å². The maximum absolute atomic E-state index is 2.46. The smallest absolute Gasteiger partial charge is 0.0205 e. The third-order valence-electron chi connectivity index (χ3n) is 8.02. The monoisotopic (exact) mass is 414 g/mol. The van der Waals surface area contributed by atoms with Gasteiger partial charge in [0.05, 0.1) is 0 Å². The van der Waals surface area contributed by atoms with Gasteiger partial charge in [-0.1, -0.05) is 110 Å². The molecular weight excluding hydrogens is 384 g/mol. The summed E-state index contributed by atoms with van der Waals surface area (Å²) in [5.41, 5.74) is 14.7. The number of rotatable bonds is 1. The average Bonchev–Trinajstić information content (AvgIpc) is 2.81. The first-order valence-corrected chi connectivity index (χ1v) is 11.9. The average molecular weight is 415 g/mol. The quantitative estimate of drug-likeness (QED) is 0.294. The molecule has 2 aliphatic rings. The molecule has 0 spiro atoms. The molecule has 0 radical (unpaired) electrons. The van der Waals surface area contributed by atoms with Crippen LogP contribution in [0.2, 0.25) is 0 Å². The minimum Gasteiger partial charge on any atom is -0.0620 e. The Morgan fingerprint density at radius 1 is 0.406 bits per heavy atom. The highest BCUT2D eigenvalue weighted by atomic mass is 14.4. The molecule has 0 aliphatic heterocycles. The molecule has 0 saturated heterocycles. The molecule has 4 aromatic rings. The molecule has 4 atom stereocenters. The Hall–Kier alpha value is -3.12. The van der Waals surface area contributed by atoms with E-state index in [2.05, 4.69) is 113 Å². The zero-order valence-electron chi connectivity index (χ0n) is 19.4. The maximum atomic E-state index is 2.46. The first kappa shape index (κ1) is 19.6. The topological polar surface area (TPSA) is 0 Å². The van der Waals surface area contributed by atoms with Crippen LogP contribution in [-0.4, -0.2) is 0 Å². The molecule has 0 N–H and O–H groups in total. The van der Waals surface area contributed by atoms with E-state index in [0.717, 1.165) is 0 Å². The second kappa shape index (κ2) is 7.20. The van der Waals surface area contributed by atoms with Crippen LogP contribution in [0.4, 0.5) is 0 Å². The van der Waals surface area contributed by atoms with Crippen LogP contribution in [0.3, 0.4) is 0 Å². The molecule has 0 bridgehead atoms. The first-order valence-electron chi connectivity index (χ1n) is 11.9. The fourth-order valence-corrected chi connectivity index (χ4v) is 6.48. The number of hydrogen-bond acceptors (Lipinski definition) is 0. The lowest BCUT2D eigenvalue weighted by atomic mass is 9.61. The van der Waals surface area contributed by atoms with E-state index in [-0.39, 0.29) is 0 Å². The van der Waals surface area contributed by atoms with Crippen molar-refractivity contribution >= 4 is 0 Å². The van der Waals surface area contributed by atoms with Crippen molar-refractivity contribution in [2.75, 3.05) is 0 Å². The highest BCUT2D eigenvalue weighted by molar-refractivity contribution is 5.61. The molecule has 0 saturated carbocycles. The predicted molar refractivity (Wildman–Crippen MR) is 134 cm³/mol. The Morgan fingerprint density at radius 3 is 1.38 bits per heavy atom. The summed E-state index contributed by atoms with van der Waals surface area (Å²) in [4.78, 5) is 0. The minimum absolute atomic E-state index is 0.326. The van der Waals surface area contributed by atoms with Crippen molar-refractivity contribution in [2.45, 2.75) is 51.4 Å². The molecule has 4 aromatic carbocycles. The summed E-state index contributed by atoms with van der Waals surface area (Å²) in [5, 5.41) is 0. The van der Waals surface area contributed by atoms with Crippen LogP contribution < -0.4 is 0 Å². The second-order valence-corrected chi connectivity index (χ2v) is 9.92. The number of benzene rings is 4. The SMILES string of the molecule is Cc1ccc2c(c1)C(C)c1ccccc1C2C1c2ccccc2C(C)c2ccc(C)cc21. The van der Waals surface area contributed by atoms with E-state index < -0.39 is 0 Å². The Morgan fingerprint density at radius 2 is 0.781 bits per heavy atom. The van der Waals surface area contributed by atoms with Gasteiger partial charge in [0.2, 0.25) is 0 Å². The van der Waals surface area contributed by atoms with Crippen molar-refractivity contribution in [1.29, 1.82) is 0 Å². The van der Waals surface area contributed by atoms with Crippen molar-refractivity contribution in [3.8, 4) is 0 Å². The number of aryl methyl sites for hydroxylation is 2. The predicted octanol–water partition coefficient (Wildman–Crippen LogP) is 8.20. The zero-order valence-corrected chi connectivity index (χ0v) is 19.4. The molecule has 158 valence electrons. The van der Waals surface area contributed by atoms with E-state index in [4.69, 9.17) is 0 Å². The van der Waals surface area contributed by atoms with E-state index in [9.17, 15) is 0 Å². The van der Waals surface area contributed by atoms with Gasteiger partial charge in [0.1, 0.15) is 0 Å². The van der Waals surface area contributed by atoms with Gasteiger partial charge in [-0.2, -0.15) is 0 Å². The van der Waals surface area contributed by atoms with Crippen molar-refractivity contribution in [1.82, 2.24) is 0 Å². The van der Waals surface area contributed by atoms with Gasteiger partial charge in [0.15, 0.2) is 0 Å². The van der Waals surface area contributed by atoms with Gasteiger partial charge < -0.3 is 0 Å². The van der Waals surface area contributed by atoms with Gasteiger partial charge in [-0.25, -0.2) is 0 Å². The summed E-state index contributed by atoms with van der Waals surface area (Å²) >= 11 is 0. The number of hydrogen-bond donors (Lipinski definition) is 0. The van der Waals surface area contributed by atoms with E-state index in [0.29, 0.717) is 23.7 Å². The Balaban J connectivity index is 1.69. The van der Waals surface area contributed by atoms with E-state index in [1.807, 2.05) is 0 Å². The number of fused-ring (bicyclic) bond motifs is 4. The lowest BCUT2D eigenvalue weighted by molar-refractivity contribution is 0.616. The molecule has 0 fully saturated rings. The molecule has 6 rings (SSSR count). The van der Waals surface area contributed by atoms with E-state index >= 15 is 0 Å². The zero-order chi connectivity index (χ0) is 22.0. The molecule has 2 aliphatic carbocycles. The third kappa shape index (κ3) is 2.75. The Bertz CT molecular complexity index is 1340. The first-order chi connectivity index (χ1) is 15.5. The van der Waals surface area contributed by atoms with Gasteiger partial charge in [0, 0.05) is 23.7 Å². The van der Waals surface area contributed by atoms with Crippen LogP contribution in [0.15, 0.2) is 84.9 Å². The fraction of sp³-hybridized carbons (Fsp3) is 0.250. The molecule has 0 nitrogen and oxygen atoms in total. The molecule has 32 heavy (non-hydrogen) atoms. The van der Waals surface area contributed by atoms with Gasteiger partial charge in [-0.05, 0) is 58.4 Å². The normalized spacial score (nSPS) is 23.0. The second-order valence-electron chi connectivity index (χ2n) is 9.92. The van der Waals surface area contributed by atoms with Crippen molar-refractivity contribution in [3.05, 3.63) is 141 Å². The summed E-state index contributed by atoms with van der Waals surface area (Å²) in [6.45, 7) is 9.20. The largest absolute Gasteiger partial charge is 0.0620 e. The van der Waals surface area contributed by atoms with Gasteiger partial charge in [-0.3, -0.25) is 0 Å². The van der Waals surface area contributed by atoms with Gasteiger partial charge in [0.25, 0.3) is 0 Å². The van der Waals surface area contributed by atoms with E-state index in [1.165, 1.54) is 55.6 Å². The lowest BCUT2D eigenvalue weighted by Gasteiger charge is -2.42. The molecular formula is C32H30. The Kier molecular flexibility index (Phi) is 4.40. The molecule has 0 aromatic heterocycles. The van der Waals surface area contributed by atoms with Crippen molar-refractivity contribution in [3.63, 3.8) is 0 Å². The standard InChI is InChI=1S/C32H30/c1-19-14-16-28-29(17-19)22(4)24-10-6-7-11-26(24)31(28)32-27-12-8-5-9-23(27)21(3)25-15-13-20(2)18-30(25)32/h5-18,21-22,31-32H,1-4H3. The van der Waals surface area contributed by atoms with E-state index in [1.54, 1.807) is 0 Å². The summed E-state index contributed by atoms with van der Waals surface area (Å²) in [6, 6.07) is 32.6. The van der Waals surface area contributed by atoms with Crippen LogP contribution >= 0.6 is 0 Å². The summed E-state index contributed by atoms with van der Waals surface area (Å²) in [5.74, 6) is 1.50. The van der Waals surface area contributed by atoms with Crippen LogP contribution in [0.1, 0.15) is 93.2 Å². The lowest BCUT2D eigenvalue weighted by Crippen LogP contribution is -2.27.